The number of anilines is 1. The van der Waals surface area contributed by atoms with Gasteiger partial charge in [0.1, 0.15) is 5.82 Å². The maximum atomic E-state index is 13.9. The predicted molar refractivity (Wildman–Crippen MR) is 94.8 cm³/mol. The Labute approximate surface area is 146 Å². The Balaban J connectivity index is 1.77. The molecule has 1 amide bonds. The standard InChI is InChI=1S/C19H20ClFN2O/c1-13-11-16(20)7-8-18(13)23-10-9-22(14(2)19(23)24)12-15-5-3-4-6-17(15)21/h3-8,11,14H,9-10,12H2,1-2H3/t14-/m1/s1. The first-order valence-electron chi connectivity index (χ1n) is 8.02. The monoisotopic (exact) mass is 346 g/mol. The van der Waals surface area contributed by atoms with Gasteiger partial charge in [0, 0.05) is 35.9 Å². The lowest BCUT2D eigenvalue weighted by molar-refractivity contribution is -0.125. The molecule has 24 heavy (non-hydrogen) atoms. The van der Waals surface area contributed by atoms with Crippen LogP contribution < -0.4 is 4.90 Å². The Hall–Kier alpha value is -1.91. The lowest BCUT2D eigenvalue weighted by Gasteiger charge is -2.39. The van der Waals surface area contributed by atoms with Crippen LogP contribution in [0.4, 0.5) is 10.1 Å². The van der Waals surface area contributed by atoms with Crippen LogP contribution in [0, 0.1) is 12.7 Å². The zero-order valence-corrected chi connectivity index (χ0v) is 14.6. The molecule has 0 N–H and O–H groups in total. The summed E-state index contributed by atoms with van der Waals surface area (Å²) in [5.41, 5.74) is 2.49. The summed E-state index contributed by atoms with van der Waals surface area (Å²) in [4.78, 5) is 16.6. The van der Waals surface area contributed by atoms with Gasteiger partial charge in [0.15, 0.2) is 0 Å². The first-order chi connectivity index (χ1) is 11.5. The Morgan fingerprint density at radius 3 is 2.67 bits per heavy atom. The molecule has 1 aliphatic rings. The minimum absolute atomic E-state index is 0.0306. The molecule has 0 saturated carbocycles. The number of carbonyl (C=O) groups excluding carboxylic acids is 1. The largest absolute Gasteiger partial charge is 0.310 e. The zero-order valence-electron chi connectivity index (χ0n) is 13.8. The van der Waals surface area contributed by atoms with Crippen molar-refractivity contribution in [3.8, 4) is 0 Å². The van der Waals surface area contributed by atoms with Crippen molar-refractivity contribution in [1.82, 2.24) is 4.90 Å². The molecule has 3 nitrogen and oxygen atoms in total. The molecule has 1 aliphatic heterocycles. The summed E-state index contributed by atoms with van der Waals surface area (Å²) in [6.07, 6.45) is 0. The van der Waals surface area contributed by atoms with Gasteiger partial charge >= 0.3 is 0 Å². The van der Waals surface area contributed by atoms with Crippen LogP contribution in [0.25, 0.3) is 0 Å². The highest BCUT2D eigenvalue weighted by Gasteiger charge is 2.33. The van der Waals surface area contributed by atoms with Gasteiger partial charge in [-0.15, -0.1) is 0 Å². The fourth-order valence-electron chi connectivity index (χ4n) is 3.14. The van der Waals surface area contributed by atoms with Crippen LogP contribution in [-0.2, 0) is 11.3 Å². The van der Waals surface area contributed by atoms with E-state index in [1.54, 1.807) is 23.1 Å². The third-order valence-electron chi connectivity index (χ3n) is 4.56. The number of hydrogen-bond donors (Lipinski definition) is 0. The van der Waals surface area contributed by atoms with Gasteiger partial charge in [0.05, 0.1) is 6.04 Å². The highest BCUT2D eigenvalue weighted by molar-refractivity contribution is 6.30. The molecule has 2 aromatic rings. The fraction of sp³-hybridized carbons (Fsp3) is 0.316. The average molecular weight is 347 g/mol. The highest BCUT2D eigenvalue weighted by atomic mass is 35.5. The smallest absolute Gasteiger partial charge is 0.244 e. The molecule has 1 heterocycles. The number of piperazine rings is 1. The van der Waals surface area contributed by atoms with E-state index in [1.165, 1.54) is 6.07 Å². The number of benzene rings is 2. The van der Waals surface area contributed by atoms with E-state index in [-0.39, 0.29) is 17.8 Å². The van der Waals surface area contributed by atoms with Crippen LogP contribution in [0.1, 0.15) is 18.1 Å². The Morgan fingerprint density at radius 1 is 1.21 bits per heavy atom. The van der Waals surface area contributed by atoms with Crippen molar-refractivity contribution in [2.24, 2.45) is 0 Å². The summed E-state index contributed by atoms with van der Waals surface area (Å²) >= 11 is 6.00. The third-order valence-corrected chi connectivity index (χ3v) is 4.80. The van der Waals surface area contributed by atoms with Gasteiger partial charge in [0.25, 0.3) is 0 Å². The number of amides is 1. The number of aryl methyl sites for hydroxylation is 1. The zero-order chi connectivity index (χ0) is 17.3. The van der Waals surface area contributed by atoms with E-state index in [9.17, 15) is 9.18 Å². The van der Waals surface area contributed by atoms with Gasteiger partial charge in [-0.05, 0) is 43.7 Å². The maximum absolute atomic E-state index is 13.9. The van der Waals surface area contributed by atoms with Crippen molar-refractivity contribution >= 4 is 23.2 Å². The van der Waals surface area contributed by atoms with Crippen molar-refractivity contribution in [3.05, 3.63) is 64.4 Å². The van der Waals surface area contributed by atoms with Crippen molar-refractivity contribution in [3.63, 3.8) is 0 Å². The normalized spacial score (nSPS) is 18.9. The first kappa shape index (κ1) is 16.9. The van der Waals surface area contributed by atoms with Crippen molar-refractivity contribution in [2.75, 3.05) is 18.0 Å². The number of hydrogen-bond acceptors (Lipinski definition) is 2. The lowest BCUT2D eigenvalue weighted by Crippen LogP contribution is -2.55. The predicted octanol–water partition coefficient (Wildman–Crippen LogP) is 4.02. The summed E-state index contributed by atoms with van der Waals surface area (Å²) in [7, 11) is 0. The maximum Gasteiger partial charge on any atom is 0.244 e. The van der Waals surface area contributed by atoms with Crippen LogP contribution in [-0.4, -0.2) is 29.9 Å². The Morgan fingerprint density at radius 2 is 1.96 bits per heavy atom. The quantitative estimate of drug-likeness (QED) is 0.838. The van der Waals surface area contributed by atoms with Gasteiger partial charge in [-0.1, -0.05) is 29.8 Å². The van der Waals surface area contributed by atoms with Crippen LogP contribution in [0.15, 0.2) is 42.5 Å². The molecule has 1 atom stereocenters. The van der Waals surface area contributed by atoms with Crippen molar-refractivity contribution in [1.29, 1.82) is 0 Å². The van der Waals surface area contributed by atoms with Gasteiger partial charge in [-0.25, -0.2) is 4.39 Å². The number of carbonyl (C=O) groups is 1. The fourth-order valence-corrected chi connectivity index (χ4v) is 3.36. The molecule has 2 aromatic carbocycles. The van der Waals surface area contributed by atoms with Crippen LogP contribution in [0.3, 0.4) is 0 Å². The number of halogens is 2. The third kappa shape index (κ3) is 3.30. The molecule has 0 aromatic heterocycles. The van der Waals surface area contributed by atoms with E-state index < -0.39 is 0 Å². The second-order valence-electron chi connectivity index (χ2n) is 6.16. The second-order valence-corrected chi connectivity index (χ2v) is 6.59. The van der Waals surface area contributed by atoms with Gasteiger partial charge < -0.3 is 4.90 Å². The summed E-state index contributed by atoms with van der Waals surface area (Å²) in [6.45, 7) is 5.54. The average Bonchev–Trinajstić information content (AvgIpc) is 2.55. The molecule has 5 heteroatoms. The van der Waals surface area contributed by atoms with E-state index in [1.807, 2.05) is 36.9 Å². The van der Waals surface area contributed by atoms with Crippen LogP contribution in [0.5, 0.6) is 0 Å². The number of rotatable bonds is 3. The van der Waals surface area contributed by atoms with Gasteiger partial charge in [-0.2, -0.15) is 0 Å². The van der Waals surface area contributed by atoms with Crippen LogP contribution in [0.2, 0.25) is 5.02 Å². The SMILES string of the molecule is Cc1cc(Cl)ccc1N1CCN(Cc2ccccc2F)[C@H](C)C1=O. The Bertz CT molecular complexity index is 765. The molecule has 3 rings (SSSR count). The highest BCUT2D eigenvalue weighted by Crippen LogP contribution is 2.27. The number of nitrogens with zero attached hydrogens (tertiary/aromatic N) is 2. The van der Waals surface area contributed by atoms with E-state index >= 15 is 0 Å². The van der Waals surface area contributed by atoms with Crippen molar-refractivity contribution in [2.45, 2.75) is 26.4 Å². The topological polar surface area (TPSA) is 23.6 Å². The molecule has 0 unspecified atom stereocenters. The van der Waals surface area contributed by atoms with E-state index in [4.69, 9.17) is 11.6 Å². The van der Waals surface area contributed by atoms with E-state index in [2.05, 4.69) is 0 Å². The second kappa shape index (κ2) is 6.91. The molecule has 0 bridgehead atoms. The van der Waals surface area contributed by atoms with Crippen molar-refractivity contribution < 1.29 is 9.18 Å². The Kier molecular flexibility index (Phi) is 4.88. The molecule has 1 fully saturated rings. The molecule has 0 radical (unpaired) electrons. The molecule has 1 saturated heterocycles. The molecular formula is C19H20ClFN2O. The minimum atomic E-state index is -0.298. The first-order valence-corrected chi connectivity index (χ1v) is 8.40. The summed E-state index contributed by atoms with van der Waals surface area (Å²) in [5, 5.41) is 0.662. The van der Waals surface area contributed by atoms with Gasteiger partial charge in [0.2, 0.25) is 5.91 Å². The molecule has 0 spiro atoms. The van der Waals surface area contributed by atoms with Crippen LogP contribution >= 0.6 is 11.6 Å². The van der Waals surface area contributed by atoms with Gasteiger partial charge in [-0.3, -0.25) is 9.69 Å². The summed E-state index contributed by atoms with van der Waals surface area (Å²) in [6, 6.07) is 12.0. The lowest BCUT2D eigenvalue weighted by atomic mass is 10.1. The summed E-state index contributed by atoms with van der Waals surface area (Å²) in [5.74, 6) is -0.198. The summed E-state index contributed by atoms with van der Waals surface area (Å²) < 4.78 is 13.9. The molecule has 0 aliphatic carbocycles. The molecular weight excluding hydrogens is 327 g/mol. The van der Waals surface area contributed by atoms with E-state index in [0.29, 0.717) is 30.2 Å². The minimum Gasteiger partial charge on any atom is -0.310 e. The molecule has 126 valence electrons. The van der Waals surface area contributed by atoms with E-state index in [0.717, 1.165) is 11.3 Å².